The Morgan fingerprint density at radius 1 is 1.09 bits per heavy atom. The molecule has 1 unspecified atom stereocenters. The van der Waals surface area contributed by atoms with Crippen molar-refractivity contribution in [3.05, 3.63) is 77.1 Å². The molecule has 0 bridgehead atoms. The molecule has 0 aliphatic carbocycles. The average Bonchev–Trinajstić information content (AvgIpc) is 3.29. The van der Waals surface area contributed by atoms with Crippen LogP contribution >= 0.6 is 11.6 Å². The van der Waals surface area contributed by atoms with E-state index in [9.17, 15) is 9.59 Å². The molecule has 7 heteroatoms. The minimum atomic E-state index is -0.536. The number of aldehydes is 1. The fraction of sp³-hybridized carbons (Fsp3) is 0.296. The van der Waals surface area contributed by atoms with Crippen molar-refractivity contribution in [1.29, 1.82) is 0 Å². The highest BCUT2D eigenvalue weighted by Crippen LogP contribution is 2.35. The second-order valence-electron chi connectivity index (χ2n) is 9.27. The lowest BCUT2D eigenvalue weighted by Gasteiger charge is -2.28. The number of hydrogen-bond acceptors (Lipinski definition) is 5. The van der Waals surface area contributed by atoms with Crippen LogP contribution in [0.1, 0.15) is 55.6 Å². The fourth-order valence-corrected chi connectivity index (χ4v) is 4.15. The molecule has 2 aromatic carbocycles. The Bertz CT molecular complexity index is 1190. The first kappa shape index (κ1) is 23.8. The van der Waals surface area contributed by atoms with Crippen LogP contribution in [0.2, 0.25) is 5.02 Å². The molecule has 1 atom stereocenters. The van der Waals surface area contributed by atoms with Crippen molar-refractivity contribution in [3.8, 4) is 22.6 Å². The van der Waals surface area contributed by atoms with Crippen LogP contribution in [-0.4, -0.2) is 34.4 Å². The number of halogens is 1. The summed E-state index contributed by atoms with van der Waals surface area (Å²) in [5.74, 6) is 0.993. The lowest BCUT2D eigenvalue weighted by Crippen LogP contribution is -2.36. The van der Waals surface area contributed by atoms with Gasteiger partial charge in [0.2, 0.25) is 0 Å². The van der Waals surface area contributed by atoms with Crippen LogP contribution in [0.5, 0.6) is 11.5 Å². The van der Waals surface area contributed by atoms with Crippen LogP contribution in [-0.2, 0) is 4.74 Å². The number of aromatic nitrogens is 1. The summed E-state index contributed by atoms with van der Waals surface area (Å²) in [6, 6.07) is 14.4. The number of ether oxygens (including phenoxy) is 2. The molecule has 3 aromatic rings. The molecule has 1 aliphatic rings. The van der Waals surface area contributed by atoms with Gasteiger partial charge in [0.25, 0.3) is 0 Å². The number of carbonyl (C=O) groups is 2. The molecule has 1 fully saturated rings. The van der Waals surface area contributed by atoms with Gasteiger partial charge >= 0.3 is 6.09 Å². The van der Waals surface area contributed by atoms with Gasteiger partial charge in [0.05, 0.1) is 11.6 Å². The Morgan fingerprint density at radius 2 is 1.85 bits per heavy atom. The minimum absolute atomic E-state index is 0.0607. The summed E-state index contributed by atoms with van der Waals surface area (Å²) in [7, 11) is 0. The average molecular weight is 479 g/mol. The lowest BCUT2D eigenvalue weighted by molar-refractivity contribution is 0.0224. The van der Waals surface area contributed by atoms with E-state index in [1.807, 2.05) is 51.2 Å². The van der Waals surface area contributed by atoms with Gasteiger partial charge in [-0.25, -0.2) is 4.79 Å². The molecule has 6 nitrogen and oxygen atoms in total. The number of rotatable bonds is 5. The van der Waals surface area contributed by atoms with Crippen LogP contribution in [0.4, 0.5) is 4.79 Å². The van der Waals surface area contributed by atoms with E-state index in [1.54, 1.807) is 29.3 Å². The molecule has 0 N–H and O–H groups in total. The van der Waals surface area contributed by atoms with E-state index in [2.05, 4.69) is 11.1 Å². The Hall–Kier alpha value is -3.38. The van der Waals surface area contributed by atoms with Crippen molar-refractivity contribution in [1.82, 2.24) is 9.88 Å². The SMILES string of the molecule is CC(C)(C)OC(=O)N1CCCC1c1cncc(-c2ccc(Oc3cc(Cl)ccc3C=O)cc2)c1. The largest absolute Gasteiger partial charge is 0.457 e. The highest BCUT2D eigenvalue weighted by atomic mass is 35.5. The van der Waals surface area contributed by atoms with Crippen LogP contribution in [0, 0.1) is 0 Å². The number of benzene rings is 2. The van der Waals surface area contributed by atoms with Gasteiger partial charge in [-0.1, -0.05) is 23.7 Å². The van der Waals surface area contributed by atoms with E-state index in [1.165, 1.54) is 0 Å². The minimum Gasteiger partial charge on any atom is -0.457 e. The van der Waals surface area contributed by atoms with Gasteiger partial charge < -0.3 is 14.4 Å². The monoisotopic (exact) mass is 478 g/mol. The normalized spacial score (nSPS) is 15.8. The van der Waals surface area contributed by atoms with Crippen LogP contribution in [0.3, 0.4) is 0 Å². The number of pyridine rings is 1. The van der Waals surface area contributed by atoms with Crippen molar-refractivity contribution in [2.24, 2.45) is 0 Å². The van der Waals surface area contributed by atoms with Gasteiger partial charge in [-0.15, -0.1) is 0 Å². The molecule has 1 aliphatic heterocycles. The molecule has 0 radical (unpaired) electrons. The van der Waals surface area contributed by atoms with Gasteiger partial charge in [-0.2, -0.15) is 0 Å². The molecule has 1 saturated heterocycles. The quantitative estimate of drug-likeness (QED) is 0.366. The molecule has 4 rings (SSSR count). The van der Waals surface area contributed by atoms with Crippen molar-refractivity contribution in [2.45, 2.75) is 45.3 Å². The van der Waals surface area contributed by atoms with Crippen molar-refractivity contribution < 1.29 is 19.1 Å². The van der Waals surface area contributed by atoms with E-state index in [-0.39, 0.29) is 12.1 Å². The summed E-state index contributed by atoms with van der Waals surface area (Å²) < 4.78 is 11.5. The summed E-state index contributed by atoms with van der Waals surface area (Å²) in [5.41, 5.74) is 2.78. The summed E-state index contributed by atoms with van der Waals surface area (Å²) in [4.78, 5) is 30.2. The molecule has 2 heterocycles. The number of carbonyl (C=O) groups excluding carboxylic acids is 2. The summed E-state index contributed by atoms with van der Waals surface area (Å²) in [6.07, 6.45) is 5.85. The summed E-state index contributed by atoms with van der Waals surface area (Å²) in [5, 5.41) is 0.493. The molecule has 1 amide bonds. The predicted molar refractivity (Wildman–Crippen MR) is 132 cm³/mol. The smallest absolute Gasteiger partial charge is 0.410 e. The summed E-state index contributed by atoms with van der Waals surface area (Å²) >= 11 is 6.04. The number of hydrogen-bond donors (Lipinski definition) is 0. The van der Waals surface area contributed by atoms with Crippen LogP contribution in [0.25, 0.3) is 11.1 Å². The van der Waals surface area contributed by atoms with Gasteiger partial charge in [-0.3, -0.25) is 9.78 Å². The molecule has 34 heavy (non-hydrogen) atoms. The van der Waals surface area contributed by atoms with Gasteiger partial charge in [0.15, 0.2) is 6.29 Å². The first-order valence-corrected chi connectivity index (χ1v) is 11.6. The Kier molecular flexibility index (Phi) is 6.89. The van der Waals surface area contributed by atoms with Crippen LogP contribution < -0.4 is 4.74 Å². The Balaban J connectivity index is 1.52. The van der Waals surface area contributed by atoms with Crippen LogP contribution in [0.15, 0.2) is 60.9 Å². The third-order valence-corrected chi connectivity index (χ3v) is 5.78. The first-order chi connectivity index (χ1) is 16.2. The molecule has 1 aromatic heterocycles. The molecular weight excluding hydrogens is 452 g/mol. The van der Waals surface area contributed by atoms with E-state index >= 15 is 0 Å². The highest BCUT2D eigenvalue weighted by Gasteiger charge is 2.33. The third kappa shape index (κ3) is 5.57. The fourth-order valence-electron chi connectivity index (χ4n) is 3.99. The second-order valence-corrected chi connectivity index (χ2v) is 9.70. The second kappa shape index (κ2) is 9.85. The van der Waals surface area contributed by atoms with Crippen molar-refractivity contribution in [2.75, 3.05) is 6.54 Å². The predicted octanol–water partition coefficient (Wildman–Crippen LogP) is 7.08. The topological polar surface area (TPSA) is 68.7 Å². The zero-order valence-corrected chi connectivity index (χ0v) is 20.2. The lowest BCUT2D eigenvalue weighted by atomic mass is 10.0. The third-order valence-electron chi connectivity index (χ3n) is 5.54. The molecule has 176 valence electrons. The van der Waals surface area contributed by atoms with Crippen molar-refractivity contribution >= 4 is 24.0 Å². The highest BCUT2D eigenvalue weighted by molar-refractivity contribution is 6.30. The van der Waals surface area contributed by atoms with E-state index in [4.69, 9.17) is 21.1 Å². The first-order valence-electron chi connectivity index (χ1n) is 11.2. The zero-order chi connectivity index (χ0) is 24.3. The number of likely N-dealkylation sites (tertiary alicyclic amines) is 1. The maximum absolute atomic E-state index is 12.7. The van der Waals surface area contributed by atoms with E-state index < -0.39 is 5.60 Å². The number of amides is 1. The Morgan fingerprint density at radius 3 is 2.56 bits per heavy atom. The standard InChI is InChI=1S/C27H27ClN2O4/c1-27(2,3)34-26(32)30-12-4-5-24(30)21-13-20(15-29-16-21)18-7-10-23(11-8-18)33-25-14-22(28)9-6-19(25)17-31/h6-11,13-17,24H,4-5,12H2,1-3H3. The molecule has 0 saturated carbocycles. The van der Waals surface area contributed by atoms with Gasteiger partial charge in [0, 0.05) is 35.6 Å². The maximum Gasteiger partial charge on any atom is 0.410 e. The number of nitrogens with zero attached hydrogens (tertiary/aromatic N) is 2. The summed E-state index contributed by atoms with van der Waals surface area (Å²) in [6.45, 7) is 6.29. The Labute approximate surface area is 204 Å². The molecular formula is C27H27ClN2O4. The van der Waals surface area contributed by atoms with Crippen molar-refractivity contribution in [3.63, 3.8) is 0 Å². The van der Waals surface area contributed by atoms with E-state index in [0.29, 0.717) is 28.6 Å². The van der Waals surface area contributed by atoms with Gasteiger partial charge in [-0.05, 0) is 75.1 Å². The van der Waals surface area contributed by atoms with E-state index in [0.717, 1.165) is 35.8 Å². The van der Waals surface area contributed by atoms with Gasteiger partial charge in [0.1, 0.15) is 17.1 Å². The molecule has 0 spiro atoms. The zero-order valence-electron chi connectivity index (χ0n) is 19.5. The maximum atomic E-state index is 12.7.